The van der Waals surface area contributed by atoms with E-state index in [1.807, 2.05) is 24.4 Å². The Morgan fingerprint density at radius 2 is 1.52 bits per heavy atom. The lowest BCUT2D eigenvalue weighted by molar-refractivity contribution is -0.127. The lowest BCUT2D eigenvalue weighted by Gasteiger charge is -2.34. The standard InChI is InChI=1S/C26H32N2O5/c1-27(16-20-10-19-13-24(32-4)25(33-5)15-21(19)20)8-9-28-7-6-17-11-22(30-2)23(31-3)12-18(17)14-26(28)29/h6-7,11-13,15,20H,8-10,14,16H2,1-5H3. The fourth-order valence-electron chi connectivity index (χ4n) is 4.61. The Morgan fingerprint density at radius 1 is 0.909 bits per heavy atom. The molecule has 2 aromatic rings. The van der Waals surface area contributed by atoms with E-state index in [-0.39, 0.29) is 5.91 Å². The van der Waals surface area contributed by atoms with E-state index in [9.17, 15) is 4.79 Å². The second-order valence-corrected chi connectivity index (χ2v) is 8.55. The van der Waals surface area contributed by atoms with E-state index in [0.717, 1.165) is 42.1 Å². The van der Waals surface area contributed by atoms with Crippen molar-refractivity contribution in [2.24, 2.45) is 0 Å². The van der Waals surface area contributed by atoms with Gasteiger partial charge in [-0.25, -0.2) is 0 Å². The Morgan fingerprint density at radius 3 is 2.18 bits per heavy atom. The van der Waals surface area contributed by atoms with Gasteiger partial charge in [-0.05, 0) is 66.1 Å². The molecule has 1 unspecified atom stereocenters. The van der Waals surface area contributed by atoms with E-state index < -0.39 is 0 Å². The number of methoxy groups -OCH3 is 4. The number of amides is 1. The summed E-state index contributed by atoms with van der Waals surface area (Å²) in [6.45, 7) is 2.36. The first-order valence-corrected chi connectivity index (χ1v) is 11.1. The highest BCUT2D eigenvalue weighted by Gasteiger charge is 2.29. The molecule has 1 amide bonds. The summed E-state index contributed by atoms with van der Waals surface area (Å²) >= 11 is 0. The molecule has 0 N–H and O–H groups in total. The van der Waals surface area contributed by atoms with Crippen molar-refractivity contribution in [3.63, 3.8) is 0 Å². The molecule has 0 fully saturated rings. The van der Waals surface area contributed by atoms with E-state index in [4.69, 9.17) is 18.9 Å². The summed E-state index contributed by atoms with van der Waals surface area (Å²) in [5.74, 6) is 3.40. The Labute approximate surface area is 195 Å². The van der Waals surface area contributed by atoms with Gasteiger partial charge >= 0.3 is 0 Å². The van der Waals surface area contributed by atoms with Crippen molar-refractivity contribution >= 4 is 12.0 Å². The minimum absolute atomic E-state index is 0.0800. The van der Waals surface area contributed by atoms with Crippen LogP contribution in [0.1, 0.15) is 28.2 Å². The van der Waals surface area contributed by atoms with Crippen LogP contribution in [0, 0.1) is 0 Å². The summed E-state index contributed by atoms with van der Waals surface area (Å²) in [7, 11) is 8.66. The molecule has 176 valence electrons. The Hall–Kier alpha value is -3.19. The van der Waals surface area contributed by atoms with Crippen LogP contribution in [-0.2, 0) is 17.6 Å². The molecule has 1 aliphatic heterocycles. The van der Waals surface area contributed by atoms with Crippen LogP contribution in [0.2, 0.25) is 0 Å². The van der Waals surface area contributed by atoms with Crippen LogP contribution in [0.15, 0.2) is 30.5 Å². The quantitative estimate of drug-likeness (QED) is 0.582. The minimum atomic E-state index is 0.0800. The SMILES string of the molecule is COc1cc2c(cc1OC)CC(=O)N(CCN(C)CC1Cc3cc(OC)c(OC)cc31)C=C2. The average Bonchev–Trinajstić information content (AvgIpc) is 2.97. The number of hydrogen-bond acceptors (Lipinski definition) is 6. The van der Waals surface area contributed by atoms with Crippen molar-refractivity contribution in [3.8, 4) is 23.0 Å². The summed E-state index contributed by atoms with van der Waals surface area (Å²) in [6.07, 6.45) is 5.22. The van der Waals surface area contributed by atoms with Gasteiger partial charge in [0.2, 0.25) is 5.91 Å². The van der Waals surface area contributed by atoms with Crippen LogP contribution in [0.25, 0.3) is 6.08 Å². The van der Waals surface area contributed by atoms with Crippen molar-refractivity contribution in [3.05, 3.63) is 52.7 Å². The van der Waals surface area contributed by atoms with E-state index in [2.05, 4.69) is 24.1 Å². The van der Waals surface area contributed by atoms with Gasteiger partial charge in [0, 0.05) is 31.8 Å². The van der Waals surface area contributed by atoms with Crippen LogP contribution in [0.4, 0.5) is 0 Å². The van der Waals surface area contributed by atoms with Crippen LogP contribution in [0.5, 0.6) is 23.0 Å². The molecular formula is C26H32N2O5. The molecule has 0 spiro atoms. The number of carbonyl (C=O) groups excluding carboxylic acids is 1. The van der Waals surface area contributed by atoms with Crippen molar-refractivity contribution < 1.29 is 23.7 Å². The first kappa shape index (κ1) is 23.0. The molecule has 0 bridgehead atoms. The third kappa shape index (κ3) is 4.64. The number of rotatable bonds is 9. The molecule has 0 radical (unpaired) electrons. The topological polar surface area (TPSA) is 60.5 Å². The van der Waals surface area contributed by atoms with E-state index in [1.165, 1.54) is 11.1 Å². The van der Waals surface area contributed by atoms with Crippen molar-refractivity contribution in [1.82, 2.24) is 9.80 Å². The number of likely N-dealkylation sites (N-methyl/N-ethyl adjacent to an activating group) is 1. The maximum Gasteiger partial charge on any atom is 0.231 e. The molecular weight excluding hydrogens is 420 g/mol. The molecule has 2 aromatic carbocycles. The van der Waals surface area contributed by atoms with Crippen molar-refractivity contribution in [1.29, 1.82) is 0 Å². The first-order chi connectivity index (χ1) is 16.0. The molecule has 7 nitrogen and oxygen atoms in total. The number of nitrogens with zero attached hydrogens (tertiary/aromatic N) is 2. The summed E-state index contributed by atoms with van der Waals surface area (Å²) in [5, 5.41) is 0. The van der Waals surface area contributed by atoms with Gasteiger partial charge < -0.3 is 28.7 Å². The second-order valence-electron chi connectivity index (χ2n) is 8.55. The molecule has 4 rings (SSSR count). The van der Waals surface area contributed by atoms with Crippen LogP contribution in [0.3, 0.4) is 0 Å². The molecule has 33 heavy (non-hydrogen) atoms. The largest absolute Gasteiger partial charge is 0.493 e. The summed E-state index contributed by atoms with van der Waals surface area (Å²) in [4.78, 5) is 17.0. The zero-order valence-corrected chi connectivity index (χ0v) is 20.0. The number of hydrogen-bond donors (Lipinski definition) is 0. The van der Waals surface area contributed by atoms with Gasteiger partial charge in [-0.15, -0.1) is 0 Å². The Kier molecular flexibility index (Phi) is 6.79. The first-order valence-electron chi connectivity index (χ1n) is 11.1. The summed E-state index contributed by atoms with van der Waals surface area (Å²) in [5.41, 5.74) is 4.57. The Bertz CT molecular complexity index is 1070. The minimum Gasteiger partial charge on any atom is -0.493 e. The number of benzene rings is 2. The molecule has 1 atom stereocenters. The van der Waals surface area contributed by atoms with Gasteiger partial charge in [-0.3, -0.25) is 4.79 Å². The third-order valence-corrected chi connectivity index (χ3v) is 6.55. The number of ether oxygens (including phenoxy) is 4. The molecule has 2 aliphatic rings. The smallest absolute Gasteiger partial charge is 0.231 e. The highest BCUT2D eigenvalue weighted by Crippen LogP contribution is 2.42. The normalized spacial score (nSPS) is 16.6. The lowest BCUT2D eigenvalue weighted by atomic mass is 9.77. The van der Waals surface area contributed by atoms with Crippen LogP contribution in [-0.4, -0.2) is 70.8 Å². The van der Waals surface area contributed by atoms with Gasteiger partial charge in [-0.1, -0.05) is 0 Å². The van der Waals surface area contributed by atoms with E-state index >= 15 is 0 Å². The molecule has 1 heterocycles. The maximum absolute atomic E-state index is 12.9. The summed E-state index contributed by atoms with van der Waals surface area (Å²) < 4.78 is 21.7. The molecule has 0 aromatic heterocycles. The van der Waals surface area contributed by atoms with E-state index in [1.54, 1.807) is 33.3 Å². The zero-order valence-electron chi connectivity index (χ0n) is 20.0. The summed E-state index contributed by atoms with van der Waals surface area (Å²) in [6, 6.07) is 7.98. The fourth-order valence-corrected chi connectivity index (χ4v) is 4.61. The van der Waals surface area contributed by atoms with Crippen LogP contribution < -0.4 is 18.9 Å². The van der Waals surface area contributed by atoms with Crippen molar-refractivity contribution in [2.75, 3.05) is 55.1 Å². The van der Waals surface area contributed by atoms with Gasteiger partial charge in [0.25, 0.3) is 0 Å². The third-order valence-electron chi connectivity index (χ3n) is 6.55. The van der Waals surface area contributed by atoms with Gasteiger partial charge in [0.15, 0.2) is 23.0 Å². The predicted octanol–water partition coefficient (Wildman–Crippen LogP) is 3.35. The highest BCUT2D eigenvalue weighted by molar-refractivity contribution is 5.84. The molecule has 0 saturated carbocycles. The maximum atomic E-state index is 12.9. The second kappa shape index (κ2) is 9.75. The predicted molar refractivity (Wildman–Crippen MR) is 127 cm³/mol. The fraction of sp³-hybridized carbons (Fsp3) is 0.423. The number of carbonyl (C=O) groups is 1. The Balaban J connectivity index is 1.36. The van der Waals surface area contributed by atoms with Crippen LogP contribution >= 0.6 is 0 Å². The average molecular weight is 453 g/mol. The lowest BCUT2D eigenvalue weighted by Crippen LogP contribution is -2.37. The molecule has 1 aliphatic carbocycles. The monoisotopic (exact) mass is 452 g/mol. The van der Waals surface area contributed by atoms with Gasteiger partial charge in [-0.2, -0.15) is 0 Å². The van der Waals surface area contributed by atoms with Gasteiger partial charge in [0.05, 0.1) is 34.9 Å². The molecule has 0 saturated heterocycles. The molecule has 7 heteroatoms. The number of fused-ring (bicyclic) bond motifs is 2. The van der Waals surface area contributed by atoms with Crippen molar-refractivity contribution in [2.45, 2.75) is 18.8 Å². The van der Waals surface area contributed by atoms with Gasteiger partial charge in [0.1, 0.15) is 0 Å². The highest BCUT2D eigenvalue weighted by atomic mass is 16.5. The zero-order chi connectivity index (χ0) is 23.5. The van der Waals surface area contributed by atoms with E-state index in [0.29, 0.717) is 30.4 Å².